The first-order valence-electron chi connectivity index (χ1n) is 9.65. The predicted octanol–water partition coefficient (Wildman–Crippen LogP) is 2.33. The molecule has 0 aromatic carbocycles. The summed E-state index contributed by atoms with van der Waals surface area (Å²) in [6.45, 7) is 8.49. The quantitative estimate of drug-likeness (QED) is 0.804. The molecule has 146 valence electrons. The number of aryl methyl sites for hydroxylation is 1. The van der Waals surface area contributed by atoms with E-state index in [-0.39, 0.29) is 5.91 Å². The SMILES string of the molecule is CCc1ncc(CN2CC[C@@](Cc3cc(C(C)C)no3)(C(=O)NC)C2)cn1. The molecular weight excluding hydrogens is 342 g/mol. The van der Waals surface area contributed by atoms with Gasteiger partial charge in [0.05, 0.1) is 11.1 Å². The minimum atomic E-state index is -0.493. The molecule has 0 unspecified atom stereocenters. The summed E-state index contributed by atoms with van der Waals surface area (Å²) in [5.74, 6) is 2.00. The average molecular weight is 371 g/mol. The van der Waals surface area contributed by atoms with Crippen molar-refractivity contribution in [2.75, 3.05) is 20.1 Å². The molecule has 0 aliphatic carbocycles. The summed E-state index contributed by atoms with van der Waals surface area (Å²) in [5.41, 5.74) is 1.51. The maximum absolute atomic E-state index is 12.7. The van der Waals surface area contributed by atoms with Gasteiger partial charge >= 0.3 is 0 Å². The summed E-state index contributed by atoms with van der Waals surface area (Å²) >= 11 is 0. The molecule has 27 heavy (non-hydrogen) atoms. The van der Waals surface area contributed by atoms with Crippen molar-refractivity contribution >= 4 is 5.91 Å². The molecule has 1 saturated heterocycles. The zero-order chi connectivity index (χ0) is 19.4. The highest BCUT2D eigenvalue weighted by Gasteiger charge is 2.45. The molecule has 0 radical (unpaired) electrons. The smallest absolute Gasteiger partial charge is 0.227 e. The van der Waals surface area contributed by atoms with Crippen LogP contribution in [0.3, 0.4) is 0 Å². The lowest BCUT2D eigenvalue weighted by atomic mass is 9.81. The molecule has 2 aromatic rings. The Labute approximate surface area is 160 Å². The van der Waals surface area contributed by atoms with Crippen molar-refractivity contribution in [3.63, 3.8) is 0 Å². The second-order valence-electron chi connectivity index (χ2n) is 7.73. The van der Waals surface area contributed by atoms with Gasteiger partial charge in [-0.05, 0) is 18.9 Å². The number of carbonyl (C=O) groups is 1. The van der Waals surface area contributed by atoms with Crippen molar-refractivity contribution in [1.82, 2.24) is 25.3 Å². The highest BCUT2D eigenvalue weighted by molar-refractivity contribution is 5.83. The largest absolute Gasteiger partial charge is 0.361 e. The zero-order valence-electron chi connectivity index (χ0n) is 16.7. The second-order valence-corrected chi connectivity index (χ2v) is 7.73. The molecule has 1 fully saturated rings. The van der Waals surface area contributed by atoms with Gasteiger partial charge in [0.1, 0.15) is 11.6 Å². The van der Waals surface area contributed by atoms with Crippen LogP contribution in [-0.4, -0.2) is 46.1 Å². The Morgan fingerprint density at radius 1 is 1.37 bits per heavy atom. The number of likely N-dealkylation sites (tertiary alicyclic amines) is 1. The van der Waals surface area contributed by atoms with Crippen LogP contribution in [-0.2, 0) is 24.2 Å². The van der Waals surface area contributed by atoms with Crippen LogP contribution in [0.2, 0.25) is 0 Å². The summed E-state index contributed by atoms with van der Waals surface area (Å²) in [5, 5.41) is 6.98. The first-order chi connectivity index (χ1) is 13.0. The van der Waals surface area contributed by atoms with Gasteiger partial charge in [-0.2, -0.15) is 0 Å². The van der Waals surface area contributed by atoms with Gasteiger partial charge in [-0.15, -0.1) is 0 Å². The minimum absolute atomic E-state index is 0.0603. The third-order valence-electron chi connectivity index (χ3n) is 5.30. The van der Waals surface area contributed by atoms with Crippen LogP contribution in [0, 0.1) is 5.41 Å². The van der Waals surface area contributed by atoms with Gasteiger partial charge in [-0.1, -0.05) is 25.9 Å². The molecule has 0 bridgehead atoms. The Kier molecular flexibility index (Phi) is 5.89. The fourth-order valence-corrected chi connectivity index (χ4v) is 3.69. The normalized spacial score (nSPS) is 20.3. The van der Waals surface area contributed by atoms with Crippen LogP contribution in [0.15, 0.2) is 23.0 Å². The van der Waals surface area contributed by atoms with Gasteiger partial charge in [0, 0.05) is 57.0 Å². The van der Waals surface area contributed by atoms with E-state index in [1.165, 1.54) is 0 Å². The van der Waals surface area contributed by atoms with Gasteiger partial charge < -0.3 is 9.84 Å². The highest BCUT2D eigenvalue weighted by atomic mass is 16.5. The molecule has 2 aromatic heterocycles. The van der Waals surface area contributed by atoms with Crippen LogP contribution in [0.5, 0.6) is 0 Å². The Bertz CT molecular complexity index is 771. The Morgan fingerprint density at radius 2 is 2.11 bits per heavy atom. The molecule has 7 nitrogen and oxygen atoms in total. The molecule has 0 spiro atoms. The van der Waals surface area contributed by atoms with Gasteiger partial charge in [0.15, 0.2) is 0 Å². The van der Waals surface area contributed by atoms with Crippen molar-refractivity contribution in [1.29, 1.82) is 0 Å². The molecular formula is C20H29N5O2. The highest BCUT2D eigenvalue weighted by Crippen LogP contribution is 2.36. The average Bonchev–Trinajstić information content (AvgIpc) is 3.30. The Balaban J connectivity index is 1.72. The number of aromatic nitrogens is 3. The molecule has 3 heterocycles. The monoisotopic (exact) mass is 371 g/mol. The van der Waals surface area contributed by atoms with Gasteiger partial charge in [0.2, 0.25) is 5.91 Å². The predicted molar refractivity (Wildman–Crippen MR) is 102 cm³/mol. The summed E-state index contributed by atoms with van der Waals surface area (Å²) in [6, 6.07) is 1.98. The van der Waals surface area contributed by atoms with E-state index in [2.05, 4.69) is 39.2 Å². The molecule has 3 rings (SSSR count). The number of rotatable bonds is 7. The van der Waals surface area contributed by atoms with E-state index in [0.29, 0.717) is 18.9 Å². The first-order valence-corrected chi connectivity index (χ1v) is 9.65. The number of nitrogens with zero attached hydrogens (tertiary/aromatic N) is 4. The van der Waals surface area contributed by atoms with Crippen molar-refractivity contribution in [2.45, 2.75) is 52.5 Å². The summed E-state index contributed by atoms with van der Waals surface area (Å²) < 4.78 is 5.52. The van der Waals surface area contributed by atoms with Crippen molar-refractivity contribution in [2.24, 2.45) is 5.41 Å². The van der Waals surface area contributed by atoms with Crippen LogP contribution in [0.1, 0.15) is 56.0 Å². The number of hydrogen-bond acceptors (Lipinski definition) is 6. The molecule has 0 saturated carbocycles. The van der Waals surface area contributed by atoms with E-state index in [4.69, 9.17) is 4.52 Å². The maximum atomic E-state index is 12.7. The second kappa shape index (κ2) is 8.17. The fourth-order valence-electron chi connectivity index (χ4n) is 3.69. The molecule has 1 aliphatic rings. The zero-order valence-corrected chi connectivity index (χ0v) is 16.7. The van der Waals surface area contributed by atoms with Crippen LogP contribution >= 0.6 is 0 Å². The number of nitrogens with one attached hydrogen (secondary N) is 1. The van der Waals surface area contributed by atoms with E-state index in [1.54, 1.807) is 7.05 Å². The fraction of sp³-hybridized carbons (Fsp3) is 0.600. The molecule has 7 heteroatoms. The van der Waals surface area contributed by atoms with Crippen molar-refractivity contribution < 1.29 is 9.32 Å². The Hall–Kier alpha value is -2.28. The lowest BCUT2D eigenvalue weighted by Crippen LogP contribution is -2.43. The lowest BCUT2D eigenvalue weighted by Gasteiger charge is -2.26. The molecule has 1 amide bonds. The Morgan fingerprint density at radius 3 is 2.70 bits per heavy atom. The van der Waals surface area contributed by atoms with E-state index < -0.39 is 5.41 Å². The van der Waals surface area contributed by atoms with E-state index in [0.717, 1.165) is 48.8 Å². The summed E-state index contributed by atoms with van der Waals surface area (Å²) in [4.78, 5) is 23.8. The van der Waals surface area contributed by atoms with Crippen molar-refractivity contribution in [3.8, 4) is 0 Å². The van der Waals surface area contributed by atoms with Gasteiger partial charge in [0.25, 0.3) is 0 Å². The standard InChI is InChI=1S/C20H29N5O2/c1-5-18-22-10-15(11-23-18)12-25-7-6-20(13-25,19(26)21-4)9-16-8-17(14(2)3)24-27-16/h8,10-11,14H,5-7,9,12-13H2,1-4H3,(H,21,26)/t20-/m0/s1. The van der Waals surface area contributed by atoms with Crippen molar-refractivity contribution in [3.05, 3.63) is 41.3 Å². The molecule has 1 N–H and O–H groups in total. The number of amides is 1. The van der Waals surface area contributed by atoms with E-state index >= 15 is 0 Å². The molecule has 1 atom stereocenters. The minimum Gasteiger partial charge on any atom is -0.361 e. The van der Waals surface area contributed by atoms with Crippen LogP contribution < -0.4 is 5.32 Å². The summed E-state index contributed by atoms with van der Waals surface area (Å²) in [6.07, 6.45) is 5.96. The maximum Gasteiger partial charge on any atom is 0.227 e. The topological polar surface area (TPSA) is 84.2 Å². The lowest BCUT2D eigenvalue weighted by molar-refractivity contribution is -0.130. The number of hydrogen-bond donors (Lipinski definition) is 1. The number of carbonyl (C=O) groups excluding carboxylic acids is 1. The van der Waals surface area contributed by atoms with Crippen LogP contribution in [0.25, 0.3) is 0 Å². The van der Waals surface area contributed by atoms with Gasteiger partial charge in [-0.3, -0.25) is 9.69 Å². The summed E-state index contributed by atoms with van der Waals surface area (Å²) in [7, 11) is 1.70. The van der Waals surface area contributed by atoms with E-state index in [9.17, 15) is 4.79 Å². The van der Waals surface area contributed by atoms with Gasteiger partial charge in [-0.25, -0.2) is 9.97 Å². The van der Waals surface area contributed by atoms with E-state index in [1.807, 2.05) is 25.4 Å². The third kappa shape index (κ3) is 4.35. The molecule has 1 aliphatic heterocycles. The third-order valence-corrected chi connectivity index (χ3v) is 5.30. The first kappa shape index (κ1) is 19.5. The van der Waals surface area contributed by atoms with Crippen LogP contribution in [0.4, 0.5) is 0 Å².